The van der Waals surface area contributed by atoms with Crippen molar-refractivity contribution in [3.05, 3.63) is 24.3 Å². The van der Waals surface area contributed by atoms with Gasteiger partial charge in [-0.05, 0) is 25.0 Å². The Hall–Kier alpha value is -2.57. The van der Waals surface area contributed by atoms with Crippen LogP contribution in [0.4, 0.5) is 5.69 Å². The van der Waals surface area contributed by atoms with Crippen LogP contribution < -0.4 is 15.4 Å². The van der Waals surface area contributed by atoms with Gasteiger partial charge in [0.1, 0.15) is 11.8 Å². The third kappa shape index (κ3) is 3.13. The van der Waals surface area contributed by atoms with E-state index in [0.29, 0.717) is 17.9 Å². The molecule has 0 aromatic heterocycles. The maximum atomic E-state index is 12.5. The number of benzene rings is 1. The summed E-state index contributed by atoms with van der Waals surface area (Å²) in [5, 5.41) is 14.3. The molecule has 1 aliphatic rings. The number of carbonyl (C=O) groups is 3. The molecule has 0 aliphatic carbocycles. The van der Waals surface area contributed by atoms with E-state index in [1.807, 2.05) is 6.92 Å². The first-order valence-corrected chi connectivity index (χ1v) is 7.42. The van der Waals surface area contributed by atoms with Crippen LogP contribution in [0.25, 0.3) is 0 Å². The Labute approximate surface area is 134 Å². The molecule has 0 spiro atoms. The summed E-state index contributed by atoms with van der Waals surface area (Å²) in [6.45, 7) is 4.87. The van der Waals surface area contributed by atoms with Gasteiger partial charge >= 0.3 is 5.97 Å². The SMILES string of the molecule is CCC(C)C(NC(=O)C1(C)Oc2ccccc2NC1=O)C(=O)O. The number of anilines is 1. The topological polar surface area (TPSA) is 105 Å². The van der Waals surface area contributed by atoms with Crippen molar-refractivity contribution in [1.82, 2.24) is 5.32 Å². The second-order valence-corrected chi connectivity index (χ2v) is 5.76. The average molecular weight is 320 g/mol. The first kappa shape index (κ1) is 16.8. The molecular weight excluding hydrogens is 300 g/mol. The fourth-order valence-electron chi connectivity index (χ4n) is 2.28. The summed E-state index contributed by atoms with van der Waals surface area (Å²) in [7, 11) is 0. The van der Waals surface area contributed by atoms with E-state index >= 15 is 0 Å². The predicted octanol–water partition coefficient (Wildman–Crippen LogP) is 1.39. The molecule has 7 heteroatoms. The Balaban J connectivity index is 2.24. The lowest BCUT2D eigenvalue weighted by molar-refractivity contribution is -0.151. The van der Waals surface area contributed by atoms with Crippen molar-refractivity contribution in [2.24, 2.45) is 5.92 Å². The minimum atomic E-state index is -1.82. The van der Waals surface area contributed by atoms with Gasteiger partial charge in [-0.15, -0.1) is 0 Å². The van der Waals surface area contributed by atoms with Crippen molar-refractivity contribution in [2.45, 2.75) is 38.8 Å². The van der Waals surface area contributed by atoms with Gasteiger partial charge in [-0.1, -0.05) is 32.4 Å². The molecule has 0 radical (unpaired) electrons. The first-order valence-electron chi connectivity index (χ1n) is 7.42. The number of rotatable bonds is 5. The van der Waals surface area contributed by atoms with Crippen LogP contribution in [0.1, 0.15) is 27.2 Å². The van der Waals surface area contributed by atoms with Crippen molar-refractivity contribution < 1.29 is 24.2 Å². The smallest absolute Gasteiger partial charge is 0.326 e. The summed E-state index contributed by atoms with van der Waals surface area (Å²) < 4.78 is 5.57. The zero-order chi connectivity index (χ0) is 17.2. The molecule has 0 fully saturated rings. The lowest BCUT2D eigenvalue weighted by Gasteiger charge is -2.34. The summed E-state index contributed by atoms with van der Waals surface area (Å²) in [6.07, 6.45) is 0.573. The van der Waals surface area contributed by atoms with Gasteiger partial charge in [0.05, 0.1) is 5.69 Å². The van der Waals surface area contributed by atoms with Gasteiger partial charge in [0.25, 0.3) is 17.4 Å². The van der Waals surface area contributed by atoms with E-state index in [1.165, 1.54) is 6.92 Å². The van der Waals surface area contributed by atoms with Crippen molar-refractivity contribution in [3.63, 3.8) is 0 Å². The molecule has 23 heavy (non-hydrogen) atoms. The fourth-order valence-corrected chi connectivity index (χ4v) is 2.28. The molecule has 0 bridgehead atoms. The standard InChI is InChI=1S/C16H20N2O5/c1-4-9(2)12(13(19)20)18-15(22)16(3)14(21)17-10-7-5-6-8-11(10)23-16/h5-9,12H,4H2,1-3H3,(H,17,21)(H,18,22)(H,19,20). The Morgan fingerprint density at radius 2 is 2.04 bits per heavy atom. The quantitative estimate of drug-likeness (QED) is 0.711. The maximum absolute atomic E-state index is 12.5. The summed E-state index contributed by atoms with van der Waals surface area (Å²) >= 11 is 0. The molecular formula is C16H20N2O5. The maximum Gasteiger partial charge on any atom is 0.326 e. The Morgan fingerprint density at radius 1 is 1.39 bits per heavy atom. The lowest BCUT2D eigenvalue weighted by Crippen LogP contribution is -2.61. The Bertz CT molecular complexity index is 645. The second kappa shape index (κ2) is 6.28. The van der Waals surface area contributed by atoms with Gasteiger partial charge in [-0.2, -0.15) is 0 Å². The number of carboxylic acids is 1. The zero-order valence-corrected chi connectivity index (χ0v) is 13.3. The molecule has 124 valence electrons. The van der Waals surface area contributed by atoms with Crippen LogP contribution >= 0.6 is 0 Å². The minimum Gasteiger partial charge on any atom is -0.480 e. The Kier molecular flexibility index (Phi) is 4.58. The normalized spacial score (nSPS) is 22.1. The molecule has 2 rings (SSSR count). The molecule has 7 nitrogen and oxygen atoms in total. The molecule has 1 heterocycles. The van der Waals surface area contributed by atoms with E-state index in [9.17, 15) is 19.5 Å². The molecule has 2 amide bonds. The van der Waals surface area contributed by atoms with Gasteiger partial charge in [-0.3, -0.25) is 9.59 Å². The molecule has 1 aromatic carbocycles. The largest absolute Gasteiger partial charge is 0.480 e. The number of para-hydroxylation sites is 2. The van der Waals surface area contributed by atoms with Crippen molar-refractivity contribution >= 4 is 23.5 Å². The van der Waals surface area contributed by atoms with Crippen LogP contribution in [0, 0.1) is 5.92 Å². The fraction of sp³-hybridized carbons (Fsp3) is 0.438. The summed E-state index contributed by atoms with van der Waals surface area (Å²) in [5.74, 6) is -2.48. The van der Waals surface area contributed by atoms with Gasteiger partial charge < -0.3 is 20.5 Å². The highest BCUT2D eigenvalue weighted by Crippen LogP contribution is 2.33. The molecule has 1 aromatic rings. The summed E-state index contributed by atoms with van der Waals surface area (Å²) in [6, 6.07) is 5.65. The van der Waals surface area contributed by atoms with E-state index in [-0.39, 0.29) is 5.92 Å². The van der Waals surface area contributed by atoms with E-state index in [0.717, 1.165) is 0 Å². The van der Waals surface area contributed by atoms with Crippen LogP contribution in [0.15, 0.2) is 24.3 Å². The average Bonchev–Trinajstić information content (AvgIpc) is 2.52. The highest BCUT2D eigenvalue weighted by molar-refractivity contribution is 6.15. The Morgan fingerprint density at radius 3 is 2.65 bits per heavy atom. The van der Waals surface area contributed by atoms with E-state index in [2.05, 4.69) is 10.6 Å². The first-order chi connectivity index (χ1) is 10.8. The zero-order valence-electron chi connectivity index (χ0n) is 13.3. The van der Waals surface area contributed by atoms with Crippen molar-refractivity contribution in [1.29, 1.82) is 0 Å². The molecule has 1 aliphatic heterocycles. The minimum absolute atomic E-state index is 0.279. The third-order valence-corrected chi connectivity index (χ3v) is 4.08. The van der Waals surface area contributed by atoms with Gasteiger partial charge in [-0.25, -0.2) is 4.79 Å². The molecule has 0 saturated carbocycles. The van der Waals surface area contributed by atoms with Gasteiger partial charge in [0.2, 0.25) is 0 Å². The highest BCUT2D eigenvalue weighted by Gasteiger charge is 2.48. The number of fused-ring (bicyclic) bond motifs is 1. The third-order valence-electron chi connectivity index (χ3n) is 4.08. The predicted molar refractivity (Wildman–Crippen MR) is 83.1 cm³/mol. The highest BCUT2D eigenvalue weighted by atomic mass is 16.5. The van der Waals surface area contributed by atoms with Crippen LogP contribution in [0.2, 0.25) is 0 Å². The van der Waals surface area contributed by atoms with Crippen LogP contribution in [-0.2, 0) is 14.4 Å². The van der Waals surface area contributed by atoms with Crippen LogP contribution in [-0.4, -0.2) is 34.5 Å². The molecule has 0 saturated heterocycles. The molecule has 3 atom stereocenters. The second-order valence-electron chi connectivity index (χ2n) is 5.76. The molecule has 3 N–H and O–H groups in total. The van der Waals surface area contributed by atoms with E-state index in [1.54, 1.807) is 31.2 Å². The summed E-state index contributed by atoms with van der Waals surface area (Å²) in [4.78, 5) is 36.1. The van der Waals surface area contributed by atoms with Gasteiger partial charge in [0.15, 0.2) is 0 Å². The summed E-state index contributed by atoms with van der Waals surface area (Å²) in [5.41, 5.74) is -1.35. The van der Waals surface area contributed by atoms with Crippen LogP contribution in [0.3, 0.4) is 0 Å². The number of hydrogen-bond acceptors (Lipinski definition) is 4. The van der Waals surface area contributed by atoms with Crippen molar-refractivity contribution in [2.75, 3.05) is 5.32 Å². The number of ether oxygens (including phenoxy) is 1. The van der Waals surface area contributed by atoms with E-state index < -0.39 is 29.4 Å². The number of hydrogen-bond donors (Lipinski definition) is 3. The number of amides is 2. The number of carboxylic acid groups (broad SMARTS) is 1. The van der Waals surface area contributed by atoms with Gasteiger partial charge in [0, 0.05) is 0 Å². The molecule has 3 unspecified atom stereocenters. The number of aliphatic carboxylic acids is 1. The number of nitrogens with one attached hydrogen (secondary N) is 2. The lowest BCUT2D eigenvalue weighted by atomic mass is 9.96. The van der Waals surface area contributed by atoms with E-state index in [4.69, 9.17) is 4.74 Å². The van der Waals surface area contributed by atoms with Crippen LogP contribution in [0.5, 0.6) is 5.75 Å². The van der Waals surface area contributed by atoms with Crippen molar-refractivity contribution in [3.8, 4) is 5.75 Å². The monoisotopic (exact) mass is 320 g/mol. The number of carbonyl (C=O) groups excluding carboxylic acids is 2.